The highest BCUT2D eigenvalue weighted by Gasteiger charge is 2.34. The van der Waals surface area contributed by atoms with E-state index in [0.29, 0.717) is 40.8 Å². The molecule has 0 saturated carbocycles. The first kappa shape index (κ1) is 21.5. The summed E-state index contributed by atoms with van der Waals surface area (Å²) in [6.07, 6.45) is 1.40. The fourth-order valence-corrected chi connectivity index (χ4v) is 3.61. The van der Waals surface area contributed by atoms with Crippen LogP contribution in [0.4, 0.5) is 5.69 Å². The summed E-state index contributed by atoms with van der Waals surface area (Å²) in [5.41, 5.74) is 7.60. The number of carbonyl (C=O) groups is 2. The van der Waals surface area contributed by atoms with E-state index in [4.69, 9.17) is 28.9 Å². The molecule has 0 spiro atoms. The molecule has 1 aliphatic rings. The minimum Gasteiger partial charge on any atom is -0.327 e. The molecule has 0 aromatic heterocycles. The minimum absolute atomic E-state index is 0. The van der Waals surface area contributed by atoms with Gasteiger partial charge in [0.05, 0.1) is 0 Å². The molecule has 1 unspecified atom stereocenters. The number of amides is 2. The number of benzene rings is 2. The Morgan fingerprint density at radius 2 is 1.74 bits per heavy atom. The largest absolute Gasteiger partial charge is 0.327 e. The number of likely N-dealkylation sites (tertiary alicyclic amines) is 1. The Morgan fingerprint density at radius 3 is 2.33 bits per heavy atom. The molecule has 2 aromatic rings. The highest BCUT2D eigenvalue weighted by Crippen LogP contribution is 2.25. The van der Waals surface area contributed by atoms with Crippen molar-refractivity contribution in [2.24, 2.45) is 5.73 Å². The molecule has 8 heteroatoms. The van der Waals surface area contributed by atoms with Gasteiger partial charge in [-0.2, -0.15) is 0 Å². The molecule has 0 aliphatic carbocycles. The van der Waals surface area contributed by atoms with Crippen molar-refractivity contribution in [2.75, 3.05) is 11.9 Å². The standard InChI is InChI=1S/C19H19Cl2N3O2.ClH/c20-14-8-15(21)10-16(9-14)23-18(25)17-2-1-7-24(17)19(26)13-5-3-12(11-22)4-6-13;/h3-6,8-10,17H,1-2,7,11,22H2,(H,23,25);1H. The van der Waals surface area contributed by atoms with Crippen molar-refractivity contribution in [3.63, 3.8) is 0 Å². The molecule has 2 amide bonds. The van der Waals surface area contributed by atoms with Gasteiger partial charge in [0.1, 0.15) is 6.04 Å². The Bertz CT molecular complexity index is 807. The van der Waals surface area contributed by atoms with Crippen LogP contribution in [0.3, 0.4) is 0 Å². The van der Waals surface area contributed by atoms with E-state index in [1.807, 2.05) is 12.1 Å². The lowest BCUT2D eigenvalue weighted by Crippen LogP contribution is -2.43. The summed E-state index contributed by atoms with van der Waals surface area (Å²) in [5, 5.41) is 3.68. The highest BCUT2D eigenvalue weighted by atomic mass is 35.5. The Kier molecular flexibility index (Phi) is 7.50. The normalized spacial score (nSPS) is 16.0. The van der Waals surface area contributed by atoms with Gasteiger partial charge in [0.25, 0.3) is 5.91 Å². The van der Waals surface area contributed by atoms with E-state index in [1.165, 1.54) is 0 Å². The van der Waals surface area contributed by atoms with Crippen molar-refractivity contribution >= 4 is 53.1 Å². The van der Waals surface area contributed by atoms with Crippen LogP contribution in [0.2, 0.25) is 10.0 Å². The number of nitrogens with two attached hydrogens (primary N) is 1. The zero-order chi connectivity index (χ0) is 18.7. The average Bonchev–Trinajstić information content (AvgIpc) is 3.10. The predicted octanol–water partition coefficient (Wildman–Crippen LogP) is 4.12. The van der Waals surface area contributed by atoms with E-state index in [-0.39, 0.29) is 24.2 Å². The van der Waals surface area contributed by atoms with Crippen molar-refractivity contribution in [3.05, 3.63) is 63.6 Å². The van der Waals surface area contributed by atoms with Crippen LogP contribution in [0.15, 0.2) is 42.5 Å². The van der Waals surface area contributed by atoms with Gasteiger partial charge in [0.2, 0.25) is 5.91 Å². The van der Waals surface area contributed by atoms with E-state index in [0.717, 1.165) is 12.0 Å². The van der Waals surface area contributed by atoms with Crippen molar-refractivity contribution in [3.8, 4) is 0 Å². The van der Waals surface area contributed by atoms with Crippen molar-refractivity contribution in [1.82, 2.24) is 4.90 Å². The van der Waals surface area contributed by atoms with Crippen LogP contribution in [-0.4, -0.2) is 29.3 Å². The zero-order valence-corrected chi connectivity index (χ0v) is 16.8. The fraction of sp³-hybridized carbons (Fsp3) is 0.263. The van der Waals surface area contributed by atoms with E-state index in [2.05, 4.69) is 5.32 Å². The first-order valence-corrected chi connectivity index (χ1v) is 9.10. The van der Waals surface area contributed by atoms with Crippen LogP contribution in [0.1, 0.15) is 28.8 Å². The molecule has 1 aliphatic heterocycles. The second-order valence-electron chi connectivity index (χ2n) is 6.20. The maximum Gasteiger partial charge on any atom is 0.254 e. The smallest absolute Gasteiger partial charge is 0.254 e. The van der Waals surface area contributed by atoms with Gasteiger partial charge in [0.15, 0.2) is 0 Å². The summed E-state index contributed by atoms with van der Waals surface area (Å²) < 4.78 is 0. The predicted molar refractivity (Wildman–Crippen MR) is 111 cm³/mol. The highest BCUT2D eigenvalue weighted by molar-refractivity contribution is 6.35. The third-order valence-electron chi connectivity index (χ3n) is 4.38. The van der Waals surface area contributed by atoms with E-state index in [1.54, 1.807) is 35.2 Å². The van der Waals surface area contributed by atoms with Crippen molar-refractivity contribution in [2.45, 2.75) is 25.4 Å². The Labute approximate surface area is 174 Å². The lowest BCUT2D eigenvalue weighted by atomic mass is 10.1. The van der Waals surface area contributed by atoms with Crippen LogP contribution in [0.5, 0.6) is 0 Å². The summed E-state index contributed by atoms with van der Waals surface area (Å²) in [7, 11) is 0. The van der Waals surface area contributed by atoms with Gasteiger partial charge in [-0.1, -0.05) is 35.3 Å². The molecule has 1 atom stereocenters. The lowest BCUT2D eigenvalue weighted by molar-refractivity contribution is -0.119. The molecule has 2 aromatic carbocycles. The molecule has 1 saturated heterocycles. The van der Waals surface area contributed by atoms with Crippen molar-refractivity contribution in [1.29, 1.82) is 0 Å². The van der Waals surface area contributed by atoms with E-state index in [9.17, 15) is 9.59 Å². The van der Waals surface area contributed by atoms with Gasteiger partial charge >= 0.3 is 0 Å². The molecule has 0 radical (unpaired) electrons. The molecular formula is C19H20Cl3N3O2. The molecule has 3 N–H and O–H groups in total. The average molecular weight is 429 g/mol. The molecular weight excluding hydrogens is 409 g/mol. The van der Waals surface area contributed by atoms with Gasteiger partial charge < -0.3 is 16.0 Å². The Morgan fingerprint density at radius 1 is 1.11 bits per heavy atom. The molecule has 3 rings (SSSR count). The minimum atomic E-state index is -0.519. The second kappa shape index (κ2) is 9.42. The van der Waals surface area contributed by atoms with Crippen LogP contribution in [0, 0.1) is 0 Å². The van der Waals surface area contributed by atoms with Crippen LogP contribution in [0.25, 0.3) is 0 Å². The van der Waals surface area contributed by atoms with Crippen molar-refractivity contribution < 1.29 is 9.59 Å². The number of halogens is 3. The third-order valence-corrected chi connectivity index (χ3v) is 4.82. The van der Waals surface area contributed by atoms with E-state index >= 15 is 0 Å². The summed E-state index contributed by atoms with van der Waals surface area (Å²) in [6, 6.07) is 11.5. The molecule has 0 bridgehead atoms. The quantitative estimate of drug-likeness (QED) is 0.769. The first-order chi connectivity index (χ1) is 12.5. The molecule has 144 valence electrons. The zero-order valence-electron chi connectivity index (χ0n) is 14.5. The van der Waals surface area contributed by atoms with Crippen LogP contribution in [-0.2, 0) is 11.3 Å². The third kappa shape index (κ3) is 5.14. The van der Waals surface area contributed by atoms with Crippen LogP contribution < -0.4 is 11.1 Å². The summed E-state index contributed by atoms with van der Waals surface area (Å²) in [6.45, 7) is 0.970. The summed E-state index contributed by atoms with van der Waals surface area (Å²) in [4.78, 5) is 27.1. The SMILES string of the molecule is Cl.NCc1ccc(C(=O)N2CCCC2C(=O)Nc2cc(Cl)cc(Cl)c2)cc1. The number of anilines is 1. The number of nitrogens with zero attached hydrogens (tertiary/aromatic N) is 1. The van der Waals surface area contributed by atoms with Gasteiger partial charge in [-0.25, -0.2) is 0 Å². The molecule has 1 heterocycles. The topological polar surface area (TPSA) is 75.4 Å². The van der Waals surface area contributed by atoms with Crippen LogP contribution >= 0.6 is 35.6 Å². The summed E-state index contributed by atoms with van der Waals surface area (Å²) >= 11 is 11.9. The second-order valence-corrected chi connectivity index (χ2v) is 7.08. The first-order valence-electron chi connectivity index (χ1n) is 8.35. The van der Waals surface area contributed by atoms with Gasteiger partial charge in [-0.15, -0.1) is 12.4 Å². The lowest BCUT2D eigenvalue weighted by Gasteiger charge is -2.24. The fourth-order valence-electron chi connectivity index (χ4n) is 3.08. The maximum absolute atomic E-state index is 12.8. The Balaban J connectivity index is 0.00000261. The number of hydrogen-bond donors (Lipinski definition) is 2. The maximum atomic E-state index is 12.8. The molecule has 1 fully saturated rings. The summed E-state index contributed by atoms with van der Waals surface area (Å²) in [5.74, 6) is -0.400. The van der Waals surface area contributed by atoms with E-state index < -0.39 is 6.04 Å². The number of rotatable bonds is 4. The molecule has 27 heavy (non-hydrogen) atoms. The van der Waals surface area contributed by atoms with Gasteiger partial charge in [-0.05, 0) is 48.7 Å². The molecule has 5 nitrogen and oxygen atoms in total. The number of carbonyl (C=O) groups excluding carboxylic acids is 2. The number of nitrogens with one attached hydrogen (secondary N) is 1. The van der Waals surface area contributed by atoms with Gasteiger partial charge in [0, 0.05) is 34.4 Å². The van der Waals surface area contributed by atoms with Gasteiger partial charge in [-0.3, -0.25) is 9.59 Å². The monoisotopic (exact) mass is 427 g/mol. The Hall–Kier alpha value is -1.79. The number of hydrogen-bond acceptors (Lipinski definition) is 3.